The van der Waals surface area contributed by atoms with Gasteiger partial charge in [-0.05, 0) is 57.8 Å². The molecule has 0 radical (unpaired) electrons. The van der Waals surface area contributed by atoms with Crippen LogP contribution in [0.3, 0.4) is 0 Å². The van der Waals surface area contributed by atoms with Gasteiger partial charge in [-0.15, -0.1) is 0 Å². The van der Waals surface area contributed by atoms with Gasteiger partial charge in [-0.3, -0.25) is 4.79 Å². The Bertz CT molecular complexity index is 651. The number of nitrogens with one attached hydrogen (secondary N) is 2. The minimum absolute atomic E-state index is 0.0265. The van der Waals surface area contributed by atoms with Gasteiger partial charge >= 0.3 is 0 Å². The van der Waals surface area contributed by atoms with Crippen LogP contribution in [0.5, 0.6) is 0 Å². The molecule has 25 heavy (non-hydrogen) atoms. The fourth-order valence-corrected chi connectivity index (χ4v) is 4.10. The van der Waals surface area contributed by atoms with Gasteiger partial charge < -0.3 is 10.2 Å². The third-order valence-corrected chi connectivity index (χ3v) is 6.21. The highest BCUT2D eigenvalue weighted by atomic mass is 32.2. The van der Waals surface area contributed by atoms with Crippen LogP contribution in [0.2, 0.25) is 0 Å². The molecule has 0 aliphatic carbocycles. The van der Waals surface area contributed by atoms with Crippen molar-refractivity contribution in [1.82, 2.24) is 14.9 Å². The molecule has 0 saturated carbocycles. The van der Waals surface area contributed by atoms with Crippen molar-refractivity contribution >= 4 is 15.9 Å². The van der Waals surface area contributed by atoms with Crippen molar-refractivity contribution in [2.24, 2.45) is 5.92 Å². The topological polar surface area (TPSA) is 78.5 Å². The van der Waals surface area contributed by atoms with E-state index in [2.05, 4.69) is 10.0 Å². The standard InChI is InChI=1S/C18H29N3O3S/c1-15-3-5-17(6-4-15)25(23,24)20-12-8-18(22)21-13-9-16(10-14-21)7-11-19-2/h3-6,16,19-20H,7-14H2,1-2H3. The molecule has 7 heteroatoms. The van der Waals surface area contributed by atoms with Crippen LogP contribution in [-0.2, 0) is 14.8 Å². The van der Waals surface area contributed by atoms with Crippen LogP contribution < -0.4 is 10.0 Å². The van der Waals surface area contributed by atoms with Crippen LogP contribution in [-0.4, -0.2) is 52.5 Å². The third kappa shape index (κ3) is 6.09. The Kier molecular flexibility index (Phi) is 7.40. The van der Waals surface area contributed by atoms with E-state index >= 15 is 0 Å². The lowest BCUT2D eigenvalue weighted by Crippen LogP contribution is -2.40. The Balaban J connectivity index is 1.74. The van der Waals surface area contributed by atoms with Gasteiger partial charge in [0, 0.05) is 26.1 Å². The lowest BCUT2D eigenvalue weighted by molar-refractivity contribution is -0.132. The first-order valence-corrected chi connectivity index (χ1v) is 10.4. The second-order valence-electron chi connectivity index (χ2n) is 6.68. The first-order chi connectivity index (χ1) is 11.9. The van der Waals surface area contributed by atoms with Crippen molar-refractivity contribution in [3.8, 4) is 0 Å². The monoisotopic (exact) mass is 367 g/mol. The van der Waals surface area contributed by atoms with Crippen LogP contribution in [0.1, 0.15) is 31.2 Å². The highest BCUT2D eigenvalue weighted by Gasteiger charge is 2.22. The average molecular weight is 368 g/mol. The summed E-state index contributed by atoms with van der Waals surface area (Å²) in [5.74, 6) is 0.704. The molecule has 6 nitrogen and oxygen atoms in total. The van der Waals surface area contributed by atoms with Crippen molar-refractivity contribution in [1.29, 1.82) is 0 Å². The van der Waals surface area contributed by atoms with E-state index in [4.69, 9.17) is 0 Å². The minimum atomic E-state index is -3.55. The molecule has 2 N–H and O–H groups in total. The third-order valence-electron chi connectivity index (χ3n) is 4.73. The Hall–Kier alpha value is -1.44. The molecular weight excluding hydrogens is 338 g/mol. The van der Waals surface area contributed by atoms with Gasteiger partial charge in [-0.25, -0.2) is 13.1 Å². The number of carbonyl (C=O) groups is 1. The van der Waals surface area contributed by atoms with E-state index in [0.29, 0.717) is 5.92 Å². The number of carbonyl (C=O) groups excluding carboxylic acids is 1. The first kappa shape index (κ1) is 19.9. The quantitative estimate of drug-likeness (QED) is 0.730. The normalized spacial score (nSPS) is 16.2. The van der Waals surface area contributed by atoms with Crippen molar-refractivity contribution in [2.45, 2.75) is 37.5 Å². The second-order valence-corrected chi connectivity index (χ2v) is 8.44. The molecule has 0 bridgehead atoms. The highest BCUT2D eigenvalue weighted by Crippen LogP contribution is 2.20. The molecule has 1 heterocycles. The molecule has 1 fully saturated rings. The summed E-state index contributed by atoms with van der Waals surface area (Å²) in [6, 6.07) is 6.68. The van der Waals surface area contributed by atoms with Crippen LogP contribution in [0, 0.1) is 12.8 Å². The smallest absolute Gasteiger partial charge is 0.240 e. The van der Waals surface area contributed by atoms with Crippen molar-refractivity contribution < 1.29 is 13.2 Å². The molecule has 0 unspecified atom stereocenters. The van der Waals surface area contributed by atoms with Gasteiger partial charge in [0.05, 0.1) is 4.90 Å². The summed E-state index contributed by atoms with van der Waals surface area (Å²) in [6.45, 7) is 4.61. The van der Waals surface area contributed by atoms with Gasteiger partial charge in [-0.1, -0.05) is 17.7 Å². The van der Waals surface area contributed by atoms with Crippen molar-refractivity contribution in [3.05, 3.63) is 29.8 Å². The lowest BCUT2D eigenvalue weighted by Gasteiger charge is -2.32. The molecule has 2 rings (SSSR count). The number of amides is 1. The predicted octanol–water partition coefficient (Wildman–Crippen LogP) is 1.51. The number of benzene rings is 1. The number of hydrogen-bond donors (Lipinski definition) is 2. The summed E-state index contributed by atoms with van der Waals surface area (Å²) in [5.41, 5.74) is 1.01. The van der Waals surface area contributed by atoms with E-state index in [1.165, 1.54) is 0 Å². The number of hydrogen-bond acceptors (Lipinski definition) is 4. The molecule has 0 aromatic heterocycles. The van der Waals surface area contributed by atoms with Crippen LogP contribution in [0.25, 0.3) is 0 Å². The maximum Gasteiger partial charge on any atom is 0.240 e. The maximum atomic E-state index is 12.3. The molecule has 1 aliphatic heterocycles. The van der Waals surface area contributed by atoms with Crippen molar-refractivity contribution in [3.63, 3.8) is 0 Å². The summed E-state index contributed by atoms with van der Waals surface area (Å²) >= 11 is 0. The minimum Gasteiger partial charge on any atom is -0.343 e. The molecule has 1 saturated heterocycles. The zero-order chi connectivity index (χ0) is 18.3. The Labute approximate surface area is 151 Å². The largest absolute Gasteiger partial charge is 0.343 e. The van der Waals surface area contributed by atoms with E-state index in [1.807, 2.05) is 18.9 Å². The number of sulfonamides is 1. The fraction of sp³-hybridized carbons (Fsp3) is 0.611. The zero-order valence-corrected chi connectivity index (χ0v) is 15.9. The summed E-state index contributed by atoms with van der Waals surface area (Å²) in [6.07, 6.45) is 3.41. The second kappa shape index (κ2) is 9.31. The van der Waals surface area contributed by atoms with E-state index in [9.17, 15) is 13.2 Å². The molecule has 1 aromatic carbocycles. The molecule has 1 aliphatic rings. The van der Waals surface area contributed by atoms with Gasteiger partial charge in [0.25, 0.3) is 0 Å². The first-order valence-electron chi connectivity index (χ1n) is 8.91. The number of aryl methyl sites for hydroxylation is 1. The van der Waals surface area contributed by atoms with E-state index in [1.54, 1.807) is 24.3 Å². The highest BCUT2D eigenvalue weighted by molar-refractivity contribution is 7.89. The van der Waals surface area contributed by atoms with Crippen LogP contribution in [0.4, 0.5) is 0 Å². The van der Waals surface area contributed by atoms with Crippen LogP contribution >= 0.6 is 0 Å². The van der Waals surface area contributed by atoms with Gasteiger partial charge in [0.1, 0.15) is 0 Å². The Morgan fingerprint density at radius 2 is 1.80 bits per heavy atom. The fourth-order valence-electron chi connectivity index (χ4n) is 3.07. The van der Waals surface area contributed by atoms with Gasteiger partial charge in [0.15, 0.2) is 0 Å². The SMILES string of the molecule is CNCCC1CCN(C(=O)CCNS(=O)(=O)c2ccc(C)cc2)CC1. The molecule has 1 amide bonds. The summed E-state index contributed by atoms with van der Waals surface area (Å²) in [5, 5.41) is 3.16. The number of rotatable bonds is 8. The van der Waals surface area contributed by atoms with E-state index in [-0.39, 0.29) is 23.8 Å². The molecule has 0 atom stereocenters. The Morgan fingerprint density at radius 3 is 2.40 bits per heavy atom. The maximum absolute atomic E-state index is 12.3. The summed E-state index contributed by atoms with van der Waals surface area (Å²) in [7, 11) is -1.60. The lowest BCUT2D eigenvalue weighted by atomic mass is 9.93. The predicted molar refractivity (Wildman–Crippen MR) is 98.8 cm³/mol. The zero-order valence-electron chi connectivity index (χ0n) is 15.1. The Morgan fingerprint density at radius 1 is 1.16 bits per heavy atom. The van der Waals surface area contributed by atoms with E-state index < -0.39 is 10.0 Å². The van der Waals surface area contributed by atoms with E-state index in [0.717, 1.165) is 44.5 Å². The molecule has 140 valence electrons. The number of nitrogens with zero attached hydrogens (tertiary/aromatic N) is 1. The molecule has 0 spiro atoms. The van der Waals surface area contributed by atoms with Gasteiger partial charge in [-0.2, -0.15) is 0 Å². The van der Waals surface area contributed by atoms with Gasteiger partial charge in [0.2, 0.25) is 15.9 Å². The molecule has 1 aromatic rings. The van der Waals surface area contributed by atoms with Crippen molar-refractivity contribution in [2.75, 3.05) is 33.2 Å². The number of piperidine rings is 1. The number of likely N-dealkylation sites (tertiary alicyclic amines) is 1. The van der Waals surface area contributed by atoms with Crippen LogP contribution in [0.15, 0.2) is 29.2 Å². The summed E-state index contributed by atoms with van der Waals surface area (Å²) in [4.78, 5) is 14.4. The summed E-state index contributed by atoms with van der Waals surface area (Å²) < 4.78 is 26.9. The molecular formula is C18H29N3O3S. The average Bonchev–Trinajstić information content (AvgIpc) is 2.60.